The topological polar surface area (TPSA) is 64.7 Å². The molecule has 3 rings (SSSR count). The van der Waals surface area contributed by atoms with Crippen LogP contribution in [0.2, 0.25) is 0 Å². The van der Waals surface area contributed by atoms with E-state index in [9.17, 15) is 9.59 Å². The van der Waals surface area contributed by atoms with E-state index in [1.165, 1.54) is 0 Å². The summed E-state index contributed by atoms with van der Waals surface area (Å²) in [6.07, 6.45) is 0.975. The Morgan fingerprint density at radius 3 is 1.48 bits per heavy atom. The normalized spacial score (nSPS) is 13.9. The zero-order valence-electron chi connectivity index (χ0n) is 17.5. The van der Waals surface area contributed by atoms with Crippen LogP contribution >= 0.6 is 0 Å². The maximum Gasteiger partial charge on any atom is 0.264 e. The van der Waals surface area contributed by atoms with Crippen molar-refractivity contribution in [1.29, 1.82) is 0 Å². The number of carbonyl (C=O) groups excluding carboxylic acids is 2. The van der Waals surface area contributed by atoms with Crippen LogP contribution < -0.4 is 10.6 Å². The molecule has 0 saturated carbocycles. The lowest BCUT2D eigenvalue weighted by atomic mass is 10.1. The quantitative estimate of drug-likeness (QED) is 0.476. The number of benzene rings is 2. The third kappa shape index (κ3) is 4.96. The van der Waals surface area contributed by atoms with Gasteiger partial charge in [0.2, 0.25) is 0 Å². The Bertz CT molecular complexity index is 843. The Morgan fingerprint density at radius 2 is 1.10 bits per heavy atom. The number of hydrogen-bond acceptors (Lipinski definition) is 4. The molecule has 1 saturated heterocycles. The second-order valence-corrected chi connectivity index (χ2v) is 7.54. The Morgan fingerprint density at radius 1 is 0.724 bits per heavy atom. The minimum Gasteiger partial charge on any atom is -0.360 e. The highest BCUT2D eigenvalue weighted by Crippen LogP contribution is 2.22. The smallest absolute Gasteiger partial charge is 0.264 e. The molecule has 1 fully saturated rings. The van der Waals surface area contributed by atoms with Crippen molar-refractivity contribution in [1.82, 2.24) is 9.80 Å². The summed E-state index contributed by atoms with van der Waals surface area (Å²) in [6.45, 7) is 5.55. The molecule has 1 aliphatic rings. The van der Waals surface area contributed by atoms with Crippen LogP contribution in [0.5, 0.6) is 0 Å². The molecule has 0 atom stereocenters. The summed E-state index contributed by atoms with van der Waals surface area (Å²) in [5, 5.41) is 5.74. The maximum absolute atomic E-state index is 13.2. The van der Waals surface area contributed by atoms with E-state index >= 15 is 0 Å². The number of rotatable bonds is 4. The summed E-state index contributed by atoms with van der Waals surface area (Å²) in [5.41, 5.74) is 3.62. The second-order valence-electron chi connectivity index (χ2n) is 7.54. The highest BCUT2D eigenvalue weighted by atomic mass is 16.2. The van der Waals surface area contributed by atoms with Gasteiger partial charge in [-0.25, -0.2) is 0 Å². The fraction of sp³-hybridized carbons (Fsp3) is 0.304. The fourth-order valence-corrected chi connectivity index (χ4v) is 3.40. The predicted octanol–water partition coefficient (Wildman–Crippen LogP) is 3.36. The number of aryl methyl sites for hydroxylation is 2. The molecule has 2 aromatic carbocycles. The van der Waals surface area contributed by atoms with Crippen molar-refractivity contribution in [3.8, 4) is 0 Å². The van der Waals surface area contributed by atoms with Gasteiger partial charge in [0.1, 0.15) is 11.4 Å². The van der Waals surface area contributed by atoms with E-state index in [-0.39, 0.29) is 5.57 Å². The molecule has 0 aromatic heterocycles. The summed E-state index contributed by atoms with van der Waals surface area (Å²) >= 11 is 0. The lowest BCUT2D eigenvalue weighted by Crippen LogP contribution is -2.42. The minimum absolute atomic E-state index is 0.107. The highest BCUT2D eigenvalue weighted by molar-refractivity contribution is 6.26. The molecule has 6 nitrogen and oxygen atoms in total. The van der Waals surface area contributed by atoms with Gasteiger partial charge >= 0.3 is 0 Å². The van der Waals surface area contributed by atoms with Crippen molar-refractivity contribution in [2.75, 3.05) is 37.8 Å². The van der Waals surface area contributed by atoms with Crippen LogP contribution in [0.15, 0.2) is 59.9 Å². The van der Waals surface area contributed by atoms with Gasteiger partial charge in [-0.15, -0.1) is 0 Å². The lowest BCUT2D eigenvalue weighted by molar-refractivity contribution is -0.119. The van der Waals surface area contributed by atoms with Crippen molar-refractivity contribution in [3.05, 3.63) is 71.1 Å². The van der Waals surface area contributed by atoms with Crippen LogP contribution in [0.25, 0.3) is 0 Å². The minimum atomic E-state index is -0.422. The third-order valence-corrected chi connectivity index (χ3v) is 5.01. The average Bonchev–Trinajstić information content (AvgIpc) is 2.68. The van der Waals surface area contributed by atoms with Gasteiger partial charge in [0.15, 0.2) is 0 Å². The molecule has 29 heavy (non-hydrogen) atoms. The predicted molar refractivity (Wildman–Crippen MR) is 117 cm³/mol. The number of anilines is 2. The van der Waals surface area contributed by atoms with Gasteiger partial charge < -0.3 is 20.4 Å². The molecule has 152 valence electrons. The SMILES string of the molecule is Cc1ccc(NC(=O)C(C(=O)Nc2ccc(C)cc2)=C2N(C)CCCN2C)cc1. The molecule has 0 radical (unpaired) electrons. The third-order valence-electron chi connectivity index (χ3n) is 5.01. The van der Waals surface area contributed by atoms with Crippen LogP contribution in [0.4, 0.5) is 11.4 Å². The number of hydrogen-bond donors (Lipinski definition) is 2. The number of carbonyl (C=O) groups is 2. The molecule has 0 spiro atoms. The van der Waals surface area contributed by atoms with Gasteiger partial charge in [0, 0.05) is 38.6 Å². The van der Waals surface area contributed by atoms with Gasteiger partial charge in [0.05, 0.1) is 0 Å². The second kappa shape index (κ2) is 8.82. The van der Waals surface area contributed by atoms with E-state index in [0.717, 1.165) is 30.6 Å². The monoisotopic (exact) mass is 392 g/mol. The van der Waals surface area contributed by atoms with Crippen molar-refractivity contribution in [2.45, 2.75) is 20.3 Å². The lowest BCUT2D eigenvalue weighted by Gasteiger charge is -2.37. The number of nitrogens with zero attached hydrogens (tertiary/aromatic N) is 2. The first-order valence-corrected chi connectivity index (χ1v) is 9.78. The Labute approximate surface area is 172 Å². The molecule has 2 amide bonds. The van der Waals surface area contributed by atoms with Crippen LogP contribution in [-0.4, -0.2) is 48.8 Å². The first kappa shape index (κ1) is 20.5. The Hall–Kier alpha value is -3.28. The summed E-state index contributed by atoms with van der Waals surface area (Å²) in [7, 11) is 3.81. The van der Waals surface area contributed by atoms with Crippen molar-refractivity contribution < 1.29 is 9.59 Å². The Balaban J connectivity index is 1.94. The van der Waals surface area contributed by atoms with Crippen LogP contribution in [0.3, 0.4) is 0 Å². The van der Waals surface area contributed by atoms with Crippen LogP contribution in [0, 0.1) is 13.8 Å². The molecular weight excluding hydrogens is 364 g/mol. The van der Waals surface area contributed by atoms with Gasteiger partial charge in [0.25, 0.3) is 11.8 Å². The first-order valence-electron chi connectivity index (χ1n) is 9.78. The van der Waals surface area contributed by atoms with Gasteiger partial charge in [-0.1, -0.05) is 35.4 Å². The van der Waals surface area contributed by atoms with Gasteiger partial charge in [-0.05, 0) is 44.5 Å². The molecule has 0 aliphatic carbocycles. The van der Waals surface area contributed by atoms with E-state index in [4.69, 9.17) is 0 Å². The molecular formula is C23H28N4O2. The van der Waals surface area contributed by atoms with E-state index in [1.807, 2.05) is 86.3 Å². The van der Waals surface area contributed by atoms with E-state index in [1.54, 1.807) is 0 Å². The number of nitrogens with one attached hydrogen (secondary N) is 2. The standard InChI is InChI=1S/C23H28N4O2/c1-16-6-10-18(11-7-16)24-21(28)20(23-26(3)14-5-15-27(23)4)22(29)25-19-12-8-17(2)9-13-19/h6-13H,5,14-15H2,1-4H3,(H,24,28)(H,25,29). The summed E-state index contributed by atoms with van der Waals surface area (Å²) < 4.78 is 0. The highest BCUT2D eigenvalue weighted by Gasteiger charge is 2.30. The molecule has 0 unspecified atom stereocenters. The van der Waals surface area contributed by atoms with Crippen LogP contribution in [-0.2, 0) is 9.59 Å². The molecule has 1 aliphatic heterocycles. The zero-order chi connectivity index (χ0) is 21.0. The largest absolute Gasteiger partial charge is 0.360 e. The summed E-state index contributed by atoms with van der Waals surface area (Å²) in [4.78, 5) is 30.3. The Kier molecular flexibility index (Phi) is 6.22. The molecule has 2 N–H and O–H groups in total. The summed E-state index contributed by atoms with van der Waals surface area (Å²) in [6, 6.07) is 15.0. The van der Waals surface area contributed by atoms with Gasteiger partial charge in [-0.3, -0.25) is 9.59 Å². The fourth-order valence-electron chi connectivity index (χ4n) is 3.40. The molecule has 6 heteroatoms. The molecule has 0 bridgehead atoms. The van der Waals surface area contributed by atoms with E-state index in [2.05, 4.69) is 10.6 Å². The van der Waals surface area contributed by atoms with Crippen molar-refractivity contribution >= 4 is 23.2 Å². The van der Waals surface area contributed by atoms with Crippen molar-refractivity contribution in [2.24, 2.45) is 0 Å². The zero-order valence-corrected chi connectivity index (χ0v) is 17.5. The van der Waals surface area contributed by atoms with E-state index in [0.29, 0.717) is 17.2 Å². The van der Waals surface area contributed by atoms with Crippen molar-refractivity contribution in [3.63, 3.8) is 0 Å². The molecule has 1 heterocycles. The van der Waals surface area contributed by atoms with Crippen LogP contribution in [0.1, 0.15) is 17.5 Å². The van der Waals surface area contributed by atoms with Gasteiger partial charge in [-0.2, -0.15) is 0 Å². The summed E-state index contributed by atoms with van der Waals surface area (Å²) in [5.74, 6) is -0.214. The maximum atomic E-state index is 13.2. The van der Waals surface area contributed by atoms with E-state index < -0.39 is 11.8 Å². The molecule has 2 aromatic rings. The first-order chi connectivity index (χ1) is 13.8. The average molecular weight is 393 g/mol. The number of amides is 2.